The van der Waals surface area contributed by atoms with Gasteiger partial charge in [0.2, 0.25) is 12.7 Å². The standard InChI is InChI=1S/C32H26N2O5/c1-19-11-20(2)13-22(12-19)33-30(35)23-8-4-3-7-21(23)16-34-26-10-6-5-9-24(26)32(31(34)36)17-37-27-15-29-28(14-25(27)32)38-18-39-29/h3-15H,16-18H2,1-2H3,(H,33,35). The second kappa shape index (κ2) is 8.63. The van der Waals surface area contributed by atoms with Gasteiger partial charge in [-0.3, -0.25) is 9.59 Å². The largest absolute Gasteiger partial charge is 0.491 e. The van der Waals surface area contributed by atoms with Crippen LogP contribution in [0.3, 0.4) is 0 Å². The molecule has 0 saturated carbocycles. The molecule has 0 saturated heterocycles. The van der Waals surface area contributed by atoms with Crippen LogP contribution in [-0.4, -0.2) is 25.2 Å². The molecule has 1 N–H and O–H groups in total. The maximum atomic E-state index is 14.4. The Morgan fingerprint density at radius 1 is 0.846 bits per heavy atom. The summed E-state index contributed by atoms with van der Waals surface area (Å²) in [5, 5.41) is 3.03. The van der Waals surface area contributed by atoms with Crippen LogP contribution in [0.2, 0.25) is 0 Å². The van der Waals surface area contributed by atoms with Gasteiger partial charge in [-0.15, -0.1) is 0 Å². The van der Waals surface area contributed by atoms with E-state index in [9.17, 15) is 9.59 Å². The molecule has 7 nitrogen and oxygen atoms in total. The first kappa shape index (κ1) is 23.3. The van der Waals surface area contributed by atoms with Crippen molar-refractivity contribution < 1.29 is 23.8 Å². The van der Waals surface area contributed by atoms with Gasteiger partial charge in [0.25, 0.3) is 5.91 Å². The SMILES string of the molecule is Cc1cc(C)cc(NC(=O)c2ccccc2CN2C(=O)C3(COc4cc5c(cc43)OCO5)c3ccccc32)c1. The number of benzene rings is 4. The van der Waals surface area contributed by atoms with Crippen LogP contribution in [0.25, 0.3) is 0 Å². The van der Waals surface area contributed by atoms with Crippen LogP contribution in [0.1, 0.15) is 38.2 Å². The Morgan fingerprint density at radius 2 is 1.56 bits per heavy atom. The zero-order chi connectivity index (χ0) is 26.7. The summed E-state index contributed by atoms with van der Waals surface area (Å²) in [6, 6.07) is 24.8. The van der Waals surface area contributed by atoms with E-state index in [0.29, 0.717) is 22.8 Å². The van der Waals surface area contributed by atoms with E-state index in [1.54, 1.807) is 17.0 Å². The van der Waals surface area contributed by atoms with Gasteiger partial charge < -0.3 is 24.4 Å². The van der Waals surface area contributed by atoms with Crippen molar-refractivity contribution in [1.82, 2.24) is 0 Å². The minimum absolute atomic E-state index is 0.0918. The van der Waals surface area contributed by atoms with Gasteiger partial charge in [-0.2, -0.15) is 0 Å². The van der Waals surface area contributed by atoms with E-state index in [0.717, 1.165) is 39.2 Å². The molecule has 194 valence electrons. The molecule has 1 unspecified atom stereocenters. The summed E-state index contributed by atoms with van der Waals surface area (Å²) in [7, 11) is 0. The van der Waals surface area contributed by atoms with Crippen molar-refractivity contribution in [2.75, 3.05) is 23.6 Å². The number of rotatable bonds is 4. The number of amides is 2. The summed E-state index contributed by atoms with van der Waals surface area (Å²) in [4.78, 5) is 29.6. The minimum Gasteiger partial charge on any atom is -0.491 e. The summed E-state index contributed by atoms with van der Waals surface area (Å²) in [6.45, 7) is 4.57. The fourth-order valence-electron chi connectivity index (χ4n) is 6.02. The maximum Gasteiger partial charge on any atom is 0.256 e. The molecule has 7 rings (SSSR count). The second-order valence-electron chi connectivity index (χ2n) is 10.3. The molecule has 1 spiro atoms. The Hall–Kier alpha value is -4.78. The summed E-state index contributed by atoms with van der Waals surface area (Å²) >= 11 is 0. The van der Waals surface area contributed by atoms with Crippen LogP contribution in [0.5, 0.6) is 17.2 Å². The molecule has 7 heteroatoms. The number of hydrogen-bond acceptors (Lipinski definition) is 5. The van der Waals surface area contributed by atoms with Gasteiger partial charge >= 0.3 is 0 Å². The molecule has 0 aliphatic carbocycles. The quantitative estimate of drug-likeness (QED) is 0.386. The number of fused-ring (bicyclic) bond motifs is 5. The van der Waals surface area contributed by atoms with Crippen LogP contribution in [0.4, 0.5) is 11.4 Å². The van der Waals surface area contributed by atoms with Crippen LogP contribution in [0, 0.1) is 13.8 Å². The van der Waals surface area contributed by atoms with Crippen molar-refractivity contribution in [3.05, 3.63) is 112 Å². The van der Waals surface area contributed by atoms with Crippen molar-refractivity contribution in [2.24, 2.45) is 0 Å². The number of nitrogens with one attached hydrogen (secondary N) is 1. The fraction of sp³-hybridized carbons (Fsp3) is 0.188. The molecule has 3 aliphatic rings. The molecule has 2 amide bonds. The van der Waals surface area contributed by atoms with Gasteiger partial charge in [0.05, 0.1) is 6.54 Å². The molecule has 0 radical (unpaired) electrons. The van der Waals surface area contributed by atoms with Gasteiger partial charge in [-0.1, -0.05) is 42.5 Å². The monoisotopic (exact) mass is 518 g/mol. The Kier molecular flexibility index (Phi) is 5.17. The van der Waals surface area contributed by atoms with Gasteiger partial charge in [-0.25, -0.2) is 0 Å². The molecule has 39 heavy (non-hydrogen) atoms. The number of carbonyl (C=O) groups is 2. The molecule has 3 aliphatic heterocycles. The number of anilines is 2. The Bertz CT molecular complexity index is 1660. The van der Waals surface area contributed by atoms with Crippen LogP contribution >= 0.6 is 0 Å². The summed E-state index contributed by atoms with van der Waals surface area (Å²) in [5.74, 6) is 1.54. The minimum atomic E-state index is -0.997. The molecule has 1 atom stereocenters. The zero-order valence-electron chi connectivity index (χ0n) is 21.6. The molecule has 0 fully saturated rings. The lowest BCUT2D eigenvalue weighted by atomic mass is 9.77. The van der Waals surface area contributed by atoms with Crippen molar-refractivity contribution in [2.45, 2.75) is 25.8 Å². The third-order valence-electron chi connectivity index (χ3n) is 7.71. The van der Waals surface area contributed by atoms with Crippen molar-refractivity contribution in [3.63, 3.8) is 0 Å². The predicted octanol–water partition coefficient (Wildman–Crippen LogP) is 5.51. The second-order valence-corrected chi connectivity index (χ2v) is 10.3. The van der Waals surface area contributed by atoms with E-state index in [4.69, 9.17) is 14.2 Å². The van der Waals surface area contributed by atoms with Crippen molar-refractivity contribution in [1.29, 1.82) is 0 Å². The molecular formula is C32H26N2O5. The zero-order valence-corrected chi connectivity index (χ0v) is 21.6. The van der Waals surface area contributed by atoms with Crippen LogP contribution < -0.4 is 24.4 Å². The van der Waals surface area contributed by atoms with E-state index in [2.05, 4.69) is 11.4 Å². The highest BCUT2D eigenvalue weighted by atomic mass is 16.7. The van der Waals surface area contributed by atoms with Gasteiger partial charge in [-0.05, 0) is 66.4 Å². The third-order valence-corrected chi connectivity index (χ3v) is 7.71. The summed E-state index contributed by atoms with van der Waals surface area (Å²) < 4.78 is 17.2. The Balaban J connectivity index is 1.25. The number of hydrogen-bond donors (Lipinski definition) is 1. The van der Waals surface area contributed by atoms with Gasteiger partial charge in [0, 0.05) is 28.6 Å². The van der Waals surface area contributed by atoms with Crippen molar-refractivity contribution >= 4 is 23.2 Å². The van der Waals surface area contributed by atoms with E-state index in [1.807, 2.05) is 74.5 Å². The summed E-state index contributed by atoms with van der Waals surface area (Å²) in [5.41, 5.74) is 5.63. The fourth-order valence-corrected chi connectivity index (χ4v) is 6.02. The molecule has 4 aromatic carbocycles. The third kappa shape index (κ3) is 3.57. The lowest BCUT2D eigenvalue weighted by Crippen LogP contribution is -2.42. The number of ether oxygens (including phenoxy) is 3. The number of aryl methyl sites for hydroxylation is 2. The van der Waals surface area contributed by atoms with E-state index >= 15 is 0 Å². The topological polar surface area (TPSA) is 77.1 Å². The number of nitrogens with zero attached hydrogens (tertiary/aromatic N) is 1. The highest BCUT2D eigenvalue weighted by Crippen LogP contribution is 2.55. The Labute approximate surface area is 225 Å². The maximum absolute atomic E-state index is 14.4. The smallest absolute Gasteiger partial charge is 0.256 e. The first-order chi connectivity index (χ1) is 18.9. The average molecular weight is 519 g/mol. The first-order valence-corrected chi connectivity index (χ1v) is 12.9. The number of para-hydroxylation sites is 1. The predicted molar refractivity (Wildman–Crippen MR) is 147 cm³/mol. The highest BCUT2D eigenvalue weighted by molar-refractivity contribution is 6.12. The highest BCUT2D eigenvalue weighted by Gasteiger charge is 2.57. The lowest BCUT2D eigenvalue weighted by Gasteiger charge is -2.24. The summed E-state index contributed by atoms with van der Waals surface area (Å²) in [6.07, 6.45) is 0. The molecule has 0 bridgehead atoms. The van der Waals surface area contributed by atoms with E-state index < -0.39 is 5.41 Å². The molecule has 3 heterocycles. The average Bonchev–Trinajstić information content (AvgIpc) is 3.60. The van der Waals surface area contributed by atoms with Crippen molar-refractivity contribution in [3.8, 4) is 17.2 Å². The number of carbonyl (C=O) groups excluding carboxylic acids is 2. The van der Waals surface area contributed by atoms with E-state index in [-0.39, 0.29) is 31.8 Å². The lowest BCUT2D eigenvalue weighted by molar-refractivity contribution is -0.122. The van der Waals surface area contributed by atoms with Crippen LogP contribution in [0.15, 0.2) is 78.9 Å². The molecular weight excluding hydrogens is 492 g/mol. The van der Waals surface area contributed by atoms with Crippen LogP contribution in [-0.2, 0) is 16.8 Å². The molecule has 4 aromatic rings. The first-order valence-electron chi connectivity index (χ1n) is 12.9. The van der Waals surface area contributed by atoms with E-state index in [1.165, 1.54) is 0 Å². The normalized spacial score (nSPS) is 18.2. The van der Waals surface area contributed by atoms with Gasteiger partial charge in [0.1, 0.15) is 17.8 Å². The Morgan fingerprint density at radius 3 is 2.38 bits per heavy atom. The van der Waals surface area contributed by atoms with Gasteiger partial charge in [0.15, 0.2) is 11.5 Å². The molecule has 0 aromatic heterocycles.